The minimum absolute atomic E-state index is 0.0790. The first-order valence-corrected chi connectivity index (χ1v) is 7.59. The topological polar surface area (TPSA) is 73.2 Å². The van der Waals surface area contributed by atoms with Crippen LogP contribution >= 0.6 is 0 Å². The molecule has 0 spiro atoms. The smallest absolute Gasteiger partial charge is 0.403 e. The number of nitrogens with zero attached hydrogens (tertiary/aromatic N) is 2. The lowest BCUT2D eigenvalue weighted by Crippen LogP contribution is -2.19. The van der Waals surface area contributed by atoms with Crippen molar-refractivity contribution < 1.29 is 18.7 Å². The zero-order chi connectivity index (χ0) is 17.9. The number of nitrogens with one attached hydrogen (secondary N) is 1. The van der Waals surface area contributed by atoms with Crippen LogP contribution in [0.15, 0.2) is 24.3 Å². The summed E-state index contributed by atoms with van der Waals surface area (Å²) in [6, 6.07) is 6.64. The third-order valence-electron chi connectivity index (χ3n) is 3.35. The van der Waals surface area contributed by atoms with Crippen molar-refractivity contribution in [2.75, 3.05) is 5.32 Å². The molecule has 0 bridgehead atoms. The van der Waals surface area contributed by atoms with Crippen LogP contribution in [0.1, 0.15) is 36.3 Å². The molecule has 1 aromatic carbocycles. The summed E-state index contributed by atoms with van der Waals surface area (Å²) in [6.45, 7) is 5.41. The van der Waals surface area contributed by atoms with Gasteiger partial charge in [-0.2, -0.15) is 9.49 Å². The van der Waals surface area contributed by atoms with Gasteiger partial charge in [0.25, 0.3) is 5.95 Å². The molecule has 0 radical (unpaired) electrons. The highest BCUT2D eigenvalue weighted by atomic mass is 19.1. The number of ketones is 1. The second kappa shape index (κ2) is 7.25. The first kappa shape index (κ1) is 17.7. The van der Waals surface area contributed by atoms with Gasteiger partial charge in [-0.15, -0.1) is 0 Å². The molecular formula is C17H20FN3O3. The van der Waals surface area contributed by atoms with Crippen molar-refractivity contribution in [3.05, 3.63) is 41.5 Å². The second-order valence-electron chi connectivity index (χ2n) is 5.91. The number of benzene rings is 1. The predicted octanol–water partition coefficient (Wildman–Crippen LogP) is 3.71. The number of anilines is 1. The molecule has 0 atom stereocenters. The molecule has 1 aromatic heterocycles. The molecule has 6 nitrogen and oxygen atoms in total. The predicted molar refractivity (Wildman–Crippen MR) is 87.8 cm³/mol. The lowest BCUT2D eigenvalue weighted by molar-refractivity contribution is 0.0968. The summed E-state index contributed by atoms with van der Waals surface area (Å²) in [6.07, 6.45) is -0.515. The third-order valence-corrected chi connectivity index (χ3v) is 3.35. The number of hydrogen-bond donors (Lipinski definition) is 1. The molecule has 0 saturated carbocycles. The fraction of sp³-hybridized carbons (Fsp3) is 0.353. The van der Waals surface area contributed by atoms with E-state index in [9.17, 15) is 14.0 Å². The molecular weight excluding hydrogens is 313 g/mol. The van der Waals surface area contributed by atoms with Gasteiger partial charge < -0.3 is 4.74 Å². The molecule has 0 aliphatic carbocycles. The Morgan fingerprint density at radius 1 is 1.33 bits per heavy atom. The summed E-state index contributed by atoms with van der Waals surface area (Å²) in [5.74, 6) is -0.859. The molecule has 1 heterocycles. The highest BCUT2D eigenvalue weighted by Gasteiger charge is 2.20. The second-order valence-corrected chi connectivity index (χ2v) is 5.91. The van der Waals surface area contributed by atoms with Crippen LogP contribution in [0.5, 0.6) is 5.75 Å². The van der Waals surface area contributed by atoms with E-state index in [1.54, 1.807) is 24.3 Å². The average molecular weight is 333 g/mol. The fourth-order valence-corrected chi connectivity index (χ4v) is 2.27. The number of rotatable bonds is 5. The van der Waals surface area contributed by atoms with Crippen LogP contribution in [0.2, 0.25) is 0 Å². The molecule has 0 saturated heterocycles. The van der Waals surface area contributed by atoms with Crippen LogP contribution in [-0.2, 0) is 7.05 Å². The van der Waals surface area contributed by atoms with Gasteiger partial charge in [0.05, 0.1) is 5.69 Å². The number of para-hydroxylation sites is 1. The number of hydrogen-bond acceptors (Lipinski definition) is 4. The number of ether oxygens (including phenoxy) is 1. The summed E-state index contributed by atoms with van der Waals surface area (Å²) in [5, 5.41) is 6.32. The van der Waals surface area contributed by atoms with E-state index in [0.29, 0.717) is 17.7 Å². The molecule has 0 aliphatic rings. The summed E-state index contributed by atoms with van der Waals surface area (Å²) in [5.41, 5.74) is 0.982. The lowest BCUT2D eigenvalue weighted by atomic mass is 10.00. The molecule has 1 N–H and O–H groups in total. The van der Waals surface area contributed by atoms with Gasteiger partial charge in [-0.25, -0.2) is 9.48 Å². The Balaban J connectivity index is 2.16. The minimum Gasteiger partial charge on any atom is -0.403 e. The van der Waals surface area contributed by atoms with Gasteiger partial charge in [-0.1, -0.05) is 26.0 Å². The lowest BCUT2D eigenvalue weighted by Gasteiger charge is -2.11. The summed E-state index contributed by atoms with van der Waals surface area (Å²) in [7, 11) is 1.41. The molecule has 2 aromatic rings. The van der Waals surface area contributed by atoms with Crippen LogP contribution < -0.4 is 10.1 Å². The van der Waals surface area contributed by atoms with Crippen LogP contribution in [0.3, 0.4) is 0 Å². The zero-order valence-corrected chi connectivity index (χ0v) is 14.1. The van der Waals surface area contributed by atoms with Crippen LogP contribution in [0.4, 0.5) is 14.9 Å². The van der Waals surface area contributed by atoms with Crippen molar-refractivity contribution in [2.45, 2.75) is 27.2 Å². The normalized spacial score (nSPS) is 10.8. The number of amides is 1. The SMILES string of the molecule is Cc1nn(C)c(F)c1OC(=O)Nc1ccccc1C(=O)CC(C)C. The van der Waals surface area contributed by atoms with Gasteiger partial charge in [0.1, 0.15) is 5.69 Å². The summed E-state index contributed by atoms with van der Waals surface area (Å²) >= 11 is 0. The molecule has 24 heavy (non-hydrogen) atoms. The minimum atomic E-state index is -0.880. The van der Waals surface area contributed by atoms with Crippen LogP contribution in [0, 0.1) is 18.8 Å². The van der Waals surface area contributed by atoms with Gasteiger partial charge in [0, 0.05) is 19.0 Å². The van der Waals surface area contributed by atoms with Gasteiger partial charge in [-0.3, -0.25) is 10.1 Å². The average Bonchev–Trinajstić information content (AvgIpc) is 2.73. The van der Waals surface area contributed by atoms with E-state index in [-0.39, 0.29) is 23.1 Å². The van der Waals surface area contributed by atoms with Crippen molar-refractivity contribution in [1.82, 2.24) is 9.78 Å². The maximum atomic E-state index is 13.8. The first-order valence-electron chi connectivity index (χ1n) is 7.59. The van der Waals surface area contributed by atoms with E-state index in [2.05, 4.69) is 10.4 Å². The fourth-order valence-electron chi connectivity index (χ4n) is 2.27. The highest BCUT2D eigenvalue weighted by molar-refractivity contribution is 6.04. The molecule has 128 valence electrons. The van der Waals surface area contributed by atoms with Crippen molar-refractivity contribution in [1.29, 1.82) is 0 Å². The molecule has 0 unspecified atom stereocenters. The van der Waals surface area contributed by atoms with E-state index in [0.717, 1.165) is 4.68 Å². The molecule has 2 rings (SSSR count). The number of aryl methyl sites for hydroxylation is 2. The van der Waals surface area contributed by atoms with Crippen LogP contribution in [0.25, 0.3) is 0 Å². The Morgan fingerprint density at radius 2 is 2.00 bits per heavy atom. The van der Waals surface area contributed by atoms with Gasteiger partial charge in [0.2, 0.25) is 5.75 Å². The molecule has 0 aliphatic heterocycles. The Morgan fingerprint density at radius 3 is 2.58 bits per heavy atom. The van der Waals surface area contributed by atoms with Crippen molar-refractivity contribution >= 4 is 17.6 Å². The molecule has 0 fully saturated rings. The van der Waals surface area contributed by atoms with E-state index in [4.69, 9.17) is 4.74 Å². The summed E-state index contributed by atoms with van der Waals surface area (Å²) < 4.78 is 19.8. The molecule has 1 amide bonds. The first-order chi connectivity index (χ1) is 11.3. The standard InChI is InChI=1S/C17H20FN3O3/c1-10(2)9-14(22)12-7-5-6-8-13(12)19-17(23)24-15-11(3)20-21(4)16(15)18/h5-8,10H,9H2,1-4H3,(H,19,23). The Hall–Kier alpha value is -2.70. The van der Waals surface area contributed by atoms with Crippen LogP contribution in [-0.4, -0.2) is 21.7 Å². The van der Waals surface area contributed by atoms with E-state index >= 15 is 0 Å². The monoisotopic (exact) mass is 333 g/mol. The number of carbonyl (C=O) groups excluding carboxylic acids is 2. The van der Waals surface area contributed by atoms with Gasteiger partial charge in [-0.05, 0) is 25.0 Å². The van der Waals surface area contributed by atoms with E-state index in [1.807, 2.05) is 13.8 Å². The van der Waals surface area contributed by atoms with E-state index < -0.39 is 12.0 Å². The van der Waals surface area contributed by atoms with Crippen molar-refractivity contribution in [3.8, 4) is 5.75 Å². The summed E-state index contributed by atoms with van der Waals surface area (Å²) in [4.78, 5) is 24.3. The third kappa shape index (κ3) is 3.98. The number of aromatic nitrogens is 2. The van der Waals surface area contributed by atoms with Crippen molar-refractivity contribution in [2.24, 2.45) is 13.0 Å². The van der Waals surface area contributed by atoms with Gasteiger partial charge >= 0.3 is 6.09 Å². The Bertz CT molecular complexity index is 768. The maximum absolute atomic E-state index is 13.8. The Kier molecular flexibility index (Phi) is 5.33. The maximum Gasteiger partial charge on any atom is 0.417 e. The largest absolute Gasteiger partial charge is 0.417 e. The van der Waals surface area contributed by atoms with E-state index in [1.165, 1.54) is 14.0 Å². The Labute approximate surface area is 139 Å². The number of carbonyl (C=O) groups is 2. The van der Waals surface area contributed by atoms with Gasteiger partial charge in [0.15, 0.2) is 5.78 Å². The quantitative estimate of drug-likeness (QED) is 0.847. The molecule has 7 heteroatoms. The zero-order valence-electron chi connectivity index (χ0n) is 14.1. The number of Topliss-reactive ketones (excluding diaryl/α,β-unsaturated/α-hetero) is 1. The number of halogens is 1. The van der Waals surface area contributed by atoms with Crippen molar-refractivity contribution in [3.63, 3.8) is 0 Å². The highest BCUT2D eigenvalue weighted by Crippen LogP contribution is 2.23.